The Morgan fingerprint density at radius 1 is 1.07 bits per heavy atom. The average Bonchev–Trinajstić information content (AvgIpc) is 2.74. The van der Waals surface area contributed by atoms with Crippen LogP contribution in [0.2, 0.25) is 0 Å². The van der Waals surface area contributed by atoms with E-state index in [4.69, 9.17) is 0 Å². The van der Waals surface area contributed by atoms with Crippen LogP contribution in [0.3, 0.4) is 0 Å². The van der Waals surface area contributed by atoms with Gasteiger partial charge in [0.05, 0.1) is 18.1 Å². The Balaban J connectivity index is 2.05. The fraction of sp³-hybridized carbons (Fsp3) is 0.167. The predicted molar refractivity (Wildman–Crippen MR) is 59.2 cm³/mol. The molecule has 0 radical (unpaired) electrons. The molecule has 1 aliphatic rings. The second-order valence-corrected chi connectivity index (χ2v) is 3.63. The minimum absolute atomic E-state index is 1.02. The van der Waals surface area contributed by atoms with Crippen molar-refractivity contribution in [2.75, 3.05) is 11.4 Å². The molecule has 3 rings (SSSR count). The number of rotatable bonds is 1. The highest BCUT2D eigenvalue weighted by Crippen LogP contribution is 2.33. The highest BCUT2D eigenvalue weighted by molar-refractivity contribution is 5.68. The zero-order valence-electron chi connectivity index (χ0n) is 8.30. The molecule has 74 valence electrons. The maximum Gasteiger partial charge on any atom is 0.115 e. The van der Waals surface area contributed by atoms with Crippen LogP contribution in [0, 0.1) is 0 Å². The van der Waals surface area contributed by atoms with Crippen molar-refractivity contribution in [3.63, 3.8) is 0 Å². The van der Waals surface area contributed by atoms with Crippen molar-refractivity contribution < 1.29 is 0 Å². The number of anilines is 2. The van der Waals surface area contributed by atoms with E-state index in [1.807, 2.05) is 12.4 Å². The maximum atomic E-state index is 4.05. The summed E-state index contributed by atoms with van der Waals surface area (Å²) in [5.74, 6) is 0. The summed E-state index contributed by atoms with van der Waals surface area (Å²) >= 11 is 0. The van der Waals surface area contributed by atoms with E-state index in [0.717, 1.165) is 18.7 Å². The molecule has 0 saturated carbocycles. The van der Waals surface area contributed by atoms with E-state index in [2.05, 4.69) is 39.1 Å². The molecule has 2 heterocycles. The van der Waals surface area contributed by atoms with Crippen molar-refractivity contribution in [2.45, 2.75) is 6.42 Å². The predicted octanol–water partition coefficient (Wildman–Crippen LogP) is 2.17. The van der Waals surface area contributed by atoms with Gasteiger partial charge in [0.25, 0.3) is 0 Å². The molecule has 2 aromatic rings. The first-order valence-corrected chi connectivity index (χ1v) is 5.05. The van der Waals surface area contributed by atoms with Gasteiger partial charge in [0.15, 0.2) is 0 Å². The molecule has 1 aromatic carbocycles. The molecular weight excluding hydrogens is 186 g/mol. The van der Waals surface area contributed by atoms with Crippen LogP contribution in [-0.4, -0.2) is 16.5 Å². The molecule has 0 amide bonds. The van der Waals surface area contributed by atoms with Gasteiger partial charge in [-0.3, -0.25) is 0 Å². The SMILES string of the molecule is c1ccc2c(c1)CCN2c1cncnc1. The van der Waals surface area contributed by atoms with E-state index < -0.39 is 0 Å². The summed E-state index contributed by atoms with van der Waals surface area (Å²) in [4.78, 5) is 10.4. The van der Waals surface area contributed by atoms with Crippen LogP contribution >= 0.6 is 0 Å². The van der Waals surface area contributed by atoms with Crippen molar-refractivity contribution in [3.8, 4) is 0 Å². The summed E-state index contributed by atoms with van der Waals surface area (Å²) in [5, 5.41) is 0. The minimum atomic E-state index is 1.02. The summed E-state index contributed by atoms with van der Waals surface area (Å²) in [7, 11) is 0. The largest absolute Gasteiger partial charge is 0.338 e. The van der Waals surface area contributed by atoms with Crippen molar-refractivity contribution in [3.05, 3.63) is 48.5 Å². The number of nitrogens with zero attached hydrogens (tertiary/aromatic N) is 3. The molecule has 0 atom stereocenters. The van der Waals surface area contributed by atoms with Crippen molar-refractivity contribution in [1.82, 2.24) is 9.97 Å². The Bertz CT molecular complexity index is 467. The normalized spacial score (nSPS) is 14.0. The van der Waals surface area contributed by atoms with Crippen LogP contribution in [0.25, 0.3) is 0 Å². The summed E-state index contributed by atoms with van der Waals surface area (Å²) in [6.07, 6.45) is 6.38. The Hall–Kier alpha value is -1.90. The lowest BCUT2D eigenvalue weighted by molar-refractivity contribution is 0.982. The van der Waals surface area contributed by atoms with E-state index in [9.17, 15) is 0 Å². The number of benzene rings is 1. The highest BCUT2D eigenvalue weighted by Gasteiger charge is 2.19. The smallest absolute Gasteiger partial charge is 0.115 e. The Morgan fingerprint density at radius 3 is 2.73 bits per heavy atom. The van der Waals surface area contributed by atoms with Crippen LogP contribution in [0.4, 0.5) is 11.4 Å². The summed E-state index contributed by atoms with van der Waals surface area (Å²) in [6.45, 7) is 1.02. The Labute approximate surface area is 88.4 Å². The molecule has 0 saturated heterocycles. The quantitative estimate of drug-likeness (QED) is 0.701. The minimum Gasteiger partial charge on any atom is -0.338 e. The molecular formula is C12H11N3. The molecule has 0 spiro atoms. The molecule has 3 nitrogen and oxygen atoms in total. The van der Waals surface area contributed by atoms with Gasteiger partial charge in [-0.2, -0.15) is 0 Å². The first-order chi connectivity index (χ1) is 7.45. The monoisotopic (exact) mass is 197 g/mol. The molecule has 0 aliphatic carbocycles. The summed E-state index contributed by atoms with van der Waals surface area (Å²) < 4.78 is 0. The van der Waals surface area contributed by atoms with E-state index >= 15 is 0 Å². The van der Waals surface area contributed by atoms with Crippen molar-refractivity contribution in [2.24, 2.45) is 0 Å². The van der Waals surface area contributed by atoms with Crippen LogP contribution in [0.1, 0.15) is 5.56 Å². The molecule has 1 aliphatic heterocycles. The Morgan fingerprint density at radius 2 is 1.87 bits per heavy atom. The van der Waals surface area contributed by atoms with Crippen LogP contribution in [-0.2, 0) is 6.42 Å². The van der Waals surface area contributed by atoms with Gasteiger partial charge >= 0.3 is 0 Å². The first kappa shape index (κ1) is 8.41. The third kappa shape index (κ3) is 1.36. The van der Waals surface area contributed by atoms with Crippen molar-refractivity contribution in [1.29, 1.82) is 0 Å². The highest BCUT2D eigenvalue weighted by atomic mass is 15.2. The lowest BCUT2D eigenvalue weighted by atomic mass is 10.2. The third-order valence-corrected chi connectivity index (χ3v) is 2.75. The van der Waals surface area contributed by atoms with E-state index in [-0.39, 0.29) is 0 Å². The molecule has 0 N–H and O–H groups in total. The van der Waals surface area contributed by atoms with Gasteiger partial charge in [0.1, 0.15) is 6.33 Å². The zero-order valence-corrected chi connectivity index (χ0v) is 8.30. The average molecular weight is 197 g/mol. The van der Waals surface area contributed by atoms with E-state index in [1.54, 1.807) is 6.33 Å². The standard InChI is InChI=1S/C12H11N3/c1-2-4-12-10(3-1)5-6-15(12)11-7-13-9-14-8-11/h1-4,7-9H,5-6H2. The lowest BCUT2D eigenvalue weighted by Gasteiger charge is -2.17. The number of para-hydroxylation sites is 1. The fourth-order valence-corrected chi connectivity index (χ4v) is 2.04. The number of hydrogen-bond acceptors (Lipinski definition) is 3. The number of hydrogen-bond donors (Lipinski definition) is 0. The van der Waals surface area contributed by atoms with Crippen LogP contribution < -0.4 is 4.90 Å². The van der Waals surface area contributed by atoms with Crippen molar-refractivity contribution >= 4 is 11.4 Å². The number of fused-ring (bicyclic) bond motifs is 1. The maximum absolute atomic E-state index is 4.05. The van der Waals surface area contributed by atoms with E-state index in [0.29, 0.717) is 0 Å². The topological polar surface area (TPSA) is 29.0 Å². The van der Waals surface area contributed by atoms with Gasteiger partial charge in [-0.1, -0.05) is 18.2 Å². The third-order valence-electron chi connectivity index (χ3n) is 2.75. The molecule has 0 unspecified atom stereocenters. The summed E-state index contributed by atoms with van der Waals surface area (Å²) in [6, 6.07) is 8.49. The first-order valence-electron chi connectivity index (χ1n) is 5.05. The van der Waals surface area contributed by atoms with Gasteiger partial charge in [-0.05, 0) is 18.1 Å². The van der Waals surface area contributed by atoms with Gasteiger partial charge < -0.3 is 4.90 Å². The second-order valence-electron chi connectivity index (χ2n) is 3.63. The fourth-order valence-electron chi connectivity index (χ4n) is 2.04. The van der Waals surface area contributed by atoms with Gasteiger partial charge in [0.2, 0.25) is 0 Å². The van der Waals surface area contributed by atoms with E-state index in [1.165, 1.54) is 11.3 Å². The molecule has 15 heavy (non-hydrogen) atoms. The lowest BCUT2D eigenvalue weighted by Crippen LogP contribution is -2.13. The second kappa shape index (κ2) is 3.35. The Kier molecular flexibility index (Phi) is 1.88. The molecule has 3 heteroatoms. The zero-order chi connectivity index (χ0) is 10.1. The van der Waals surface area contributed by atoms with Crippen LogP contribution in [0.5, 0.6) is 0 Å². The van der Waals surface area contributed by atoms with Gasteiger partial charge in [0, 0.05) is 12.2 Å². The van der Waals surface area contributed by atoms with Crippen LogP contribution in [0.15, 0.2) is 43.0 Å². The molecule has 0 fully saturated rings. The molecule has 1 aromatic heterocycles. The molecule has 0 bridgehead atoms. The number of aromatic nitrogens is 2. The van der Waals surface area contributed by atoms with Gasteiger partial charge in [-0.25, -0.2) is 9.97 Å². The summed E-state index contributed by atoms with van der Waals surface area (Å²) in [5.41, 5.74) is 3.76. The van der Waals surface area contributed by atoms with Gasteiger partial charge in [-0.15, -0.1) is 0 Å².